The summed E-state index contributed by atoms with van der Waals surface area (Å²) >= 11 is 1.47. The van der Waals surface area contributed by atoms with Crippen LogP contribution in [0.5, 0.6) is 0 Å². The van der Waals surface area contributed by atoms with Gasteiger partial charge in [-0.05, 0) is 80.3 Å². The first-order valence-electron chi connectivity index (χ1n) is 12.1. The first kappa shape index (κ1) is 25.4. The summed E-state index contributed by atoms with van der Waals surface area (Å²) in [6.07, 6.45) is 2.48. The third-order valence-corrected chi connectivity index (χ3v) is 9.83. The number of thiazole rings is 1. The van der Waals surface area contributed by atoms with Crippen LogP contribution in [0, 0.1) is 25.6 Å². The number of hydrogen-bond donors (Lipinski definition) is 0. The Morgan fingerprint density at radius 1 is 1.08 bits per heavy atom. The highest BCUT2D eigenvalue weighted by Gasteiger charge is 2.35. The number of aromatic nitrogens is 2. The zero-order valence-corrected chi connectivity index (χ0v) is 22.2. The van der Waals surface area contributed by atoms with E-state index in [1.807, 2.05) is 38.1 Å². The number of carbonyl (C=O) groups is 1. The summed E-state index contributed by atoms with van der Waals surface area (Å²) in [5.74, 6) is -0.924. The molecule has 10 heteroatoms. The number of piperidine rings is 1. The SMILES string of the molecule is Cc1ccc2sc(N(Cc3ccccn3)C(=O)C3CCN(S(=O)(=O)c4ccc(F)cc4)CC3)nc2c1C. The molecule has 1 saturated heterocycles. The van der Waals surface area contributed by atoms with Gasteiger partial charge in [0.2, 0.25) is 15.9 Å². The van der Waals surface area contributed by atoms with Gasteiger partial charge in [-0.25, -0.2) is 17.8 Å². The molecule has 1 aliphatic heterocycles. The van der Waals surface area contributed by atoms with E-state index in [1.165, 1.54) is 27.8 Å². The molecule has 2 aromatic carbocycles. The van der Waals surface area contributed by atoms with Crippen LogP contribution >= 0.6 is 11.3 Å². The second-order valence-corrected chi connectivity index (χ2v) is 12.2. The smallest absolute Gasteiger partial charge is 0.243 e. The van der Waals surface area contributed by atoms with E-state index in [4.69, 9.17) is 4.98 Å². The maximum atomic E-state index is 13.9. The molecule has 0 unspecified atom stereocenters. The number of nitrogens with zero attached hydrogens (tertiary/aromatic N) is 4. The van der Waals surface area contributed by atoms with E-state index in [0.717, 1.165) is 39.2 Å². The highest BCUT2D eigenvalue weighted by molar-refractivity contribution is 7.89. The van der Waals surface area contributed by atoms with Gasteiger partial charge in [-0.2, -0.15) is 4.31 Å². The summed E-state index contributed by atoms with van der Waals surface area (Å²) in [4.78, 5) is 24.8. The van der Waals surface area contributed by atoms with Crippen molar-refractivity contribution in [1.29, 1.82) is 0 Å². The minimum absolute atomic E-state index is 0.0515. The van der Waals surface area contributed by atoms with Crippen molar-refractivity contribution in [1.82, 2.24) is 14.3 Å². The van der Waals surface area contributed by atoms with Crippen LogP contribution in [-0.2, 0) is 21.4 Å². The zero-order chi connectivity index (χ0) is 26.2. The van der Waals surface area contributed by atoms with Gasteiger partial charge < -0.3 is 0 Å². The van der Waals surface area contributed by atoms with Crippen LogP contribution in [0.25, 0.3) is 10.2 Å². The van der Waals surface area contributed by atoms with Gasteiger partial charge >= 0.3 is 0 Å². The molecule has 5 rings (SSSR count). The average molecular weight is 539 g/mol. The lowest BCUT2D eigenvalue weighted by Crippen LogP contribution is -2.44. The molecular formula is C27H27FN4O3S2. The molecule has 0 radical (unpaired) electrons. The lowest BCUT2D eigenvalue weighted by Gasteiger charge is -2.33. The van der Waals surface area contributed by atoms with Crippen LogP contribution in [-0.4, -0.2) is 41.7 Å². The number of sulfonamides is 1. The van der Waals surface area contributed by atoms with E-state index in [-0.39, 0.29) is 36.4 Å². The second kappa shape index (κ2) is 10.3. The van der Waals surface area contributed by atoms with Crippen molar-refractivity contribution in [3.63, 3.8) is 0 Å². The fourth-order valence-electron chi connectivity index (χ4n) is 4.54. The van der Waals surface area contributed by atoms with E-state index < -0.39 is 15.8 Å². The molecule has 1 aliphatic rings. The molecule has 0 bridgehead atoms. The van der Waals surface area contributed by atoms with Crippen LogP contribution in [0.2, 0.25) is 0 Å². The van der Waals surface area contributed by atoms with Gasteiger partial charge in [0.15, 0.2) is 5.13 Å². The van der Waals surface area contributed by atoms with Crippen LogP contribution in [0.15, 0.2) is 65.7 Å². The summed E-state index contributed by atoms with van der Waals surface area (Å²) in [6.45, 7) is 4.78. The topological polar surface area (TPSA) is 83.5 Å². The Hall–Kier alpha value is -3.21. The molecule has 0 spiro atoms. The summed E-state index contributed by atoms with van der Waals surface area (Å²) in [5, 5.41) is 0.612. The van der Waals surface area contributed by atoms with Crippen molar-refractivity contribution < 1.29 is 17.6 Å². The van der Waals surface area contributed by atoms with Crippen molar-refractivity contribution in [3.05, 3.63) is 83.4 Å². The Kier molecular flexibility index (Phi) is 7.06. The summed E-state index contributed by atoms with van der Waals surface area (Å²) in [6, 6.07) is 14.5. The molecule has 1 fully saturated rings. The van der Waals surface area contributed by atoms with Gasteiger partial charge in [0, 0.05) is 25.2 Å². The number of rotatable bonds is 6. The molecular weight excluding hydrogens is 511 g/mol. The Labute approximate surface area is 219 Å². The van der Waals surface area contributed by atoms with E-state index in [2.05, 4.69) is 11.1 Å². The Balaban J connectivity index is 1.39. The van der Waals surface area contributed by atoms with E-state index in [1.54, 1.807) is 11.1 Å². The number of hydrogen-bond acceptors (Lipinski definition) is 6. The maximum Gasteiger partial charge on any atom is 0.243 e. The minimum Gasteiger partial charge on any atom is -0.282 e. The number of halogens is 1. The monoisotopic (exact) mass is 538 g/mol. The quantitative estimate of drug-likeness (QED) is 0.342. The van der Waals surface area contributed by atoms with Gasteiger partial charge in [-0.15, -0.1) is 0 Å². The third kappa shape index (κ3) is 5.14. The number of carbonyl (C=O) groups excluding carboxylic acids is 1. The molecule has 0 aliphatic carbocycles. The molecule has 0 saturated carbocycles. The molecule has 1 amide bonds. The first-order valence-corrected chi connectivity index (χ1v) is 14.3. The van der Waals surface area contributed by atoms with Gasteiger partial charge in [-0.1, -0.05) is 23.5 Å². The Morgan fingerprint density at radius 3 is 2.49 bits per heavy atom. The van der Waals surface area contributed by atoms with Gasteiger partial charge in [0.25, 0.3) is 0 Å². The van der Waals surface area contributed by atoms with Crippen LogP contribution in [0.3, 0.4) is 0 Å². The number of fused-ring (bicyclic) bond motifs is 1. The second-order valence-electron chi connectivity index (χ2n) is 9.23. The van der Waals surface area contributed by atoms with E-state index in [0.29, 0.717) is 18.0 Å². The van der Waals surface area contributed by atoms with Crippen molar-refractivity contribution in [2.75, 3.05) is 18.0 Å². The molecule has 192 valence electrons. The molecule has 4 aromatic rings. The Morgan fingerprint density at radius 2 is 1.81 bits per heavy atom. The van der Waals surface area contributed by atoms with Crippen LogP contribution in [0.4, 0.5) is 9.52 Å². The fourth-order valence-corrected chi connectivity index (χ4v) is 7.04. The molecule has 37 heavy (non-hydrogen) atoms. The van der Waals surface area contributed by atoms with Gasteiger partial charge in [0.05, 0.1) is 27.4 Å². The molecule has 2 aromatic heterocycles. The fraction of sp³-hybridized carbons (Fsp3) is 0.296. The van der Waals surface area contributed by atoms with Crippen molar-refractivity contribution >= 4 is 42.6 Å². The molecule has 0 atom stereocenters. The number of aryl methyl sites for hydroxylation is 2. The van der Waals surface area contributed by atoms with E-state index >= 15 is 0 Å². The van der Waals surface area contributed by atoms with Crippen molar-refractivity contribution in [2.45, 2.75) is 38.1 Å². The number of anilines is 1. The zero-order valence-electron chi connectivity index (χ0n) is 20.6. The number of amides is 1. The average Bonchev–Trinajstić information content (AvgIpc) is 3.35. The predicted molar refractivity (Wildman–Crippen MR) is 142 cm³/mol. The molecule has 7 nitrogen and oxygen atoms in total. The summed E-state index contributed by atoms with van der Waals surface area (Å²) in [7, 11) is -3.75. The van der Waals surface area contributed by atoms with Crippen molar-refractivity contribution in [2.24, 2.45) is 5.92 Å². The third-order valence-electron chi connectivity index (χ3n) is 6.87. The van der Waals surface area contributed by atoms with Crippen LogP contribution in [0.1, 0.15) is 29.7 Å². The van der Waals surface area contributed by atoms with Crippen molar-refractivity contribution in [3.8, 4) is 0 Å². The maximum absolute atomic E-state index is 13.9. The van der Waals surface area contributed by atoms with Gasteiger partial charge in [-0.3, -0.25) is 14.7 Å². The van der Waals surface area contributed by atoms with Gasteiger partial charge in [0.1, 0.15) is 5.82 Å². The highest BCUT2D eigenvalue weighted by atomic mass is 32.2. The predicted octanol–water partition coefficient (Wildman–Crippen LogP) is 5.08. The summed E-state index contributed by atoms with van der Waals surface area (Å²) in [5.41, 5.74) is 3.87. The lowest BCUT2D eigenvalue weighted by atomic mass is 9.96. The number of pyridine rings is 1. The normalized spacial score (nSPS) is 15.2. The summed E-state index contributed by atoms with van der Waals surface area (Å²) < 4.78 is 41.7. The standard InChI is InChI=1S/C27H27FN4O3S2/c1-18-6-11-24-25(19(18)2)30-27(36-24)32(17-22-5-3-4-14-29-22)26(33)20-12-15-31(16-13-20)37(34,35)23-9-7-21(28)8-10-23/h3-11,14,20H,12-13,15-17H2,1-2H3. The number of benzene rings is 2. The highest BCUT2D eigenvalue weighted by Crippen LogP contribution is 2.34. The minimum atomic E-state index is -3.75. The van der Waals surface area contributed by atoms with Crippen LogP contribution < -0.4 is 4.90 Å². The Bertz CT molecular complexity index is 1530. The lowest BCUT2D eigenvalue weighted by molar-refractivity contribution is -0.123. The largest absolute Gasteiger partial charge is 0.282 e. The molecule has 3 heterocycles. The first-order chi connectivity index (χ1) is 17.7. The molecule has 0 N–H and O–H groups in total. The van der Waals surface area contributed by atoms with E-state index in [9.17, 15) is 17.6 Å².